The van der Waals surface area contributed by atoms with Gasteiger partial charge in [0, 0.05) is 17.8 Å². The highest BCUT2D eigenvalue weighted by Gasteiger charge is 2.28. The lowest BCUT2D eigenvalue weighted by molar-refractivity contribution is -0.143. The molecule has 4 nitrogen and oxygen atoms in total. The van der Waals surface area contributed by atoms with Crippen molar-refractivity contribution >= 4 is 21.9 Å². The van der Waals surface area contributed by atoms with Crippen molar-refractivity contribution in [1.82, 2.24) is 4.98 Å². The van der Waals surface area contributed by atoms with Gasteiger partial charge >= 0.3 is 5.97 Å². The van der Waals surface area contributed by atoms with Crippen molar-refractivity contribution in [2.45, 2.75) is 38.2 Å². The van der Waals surface area contributed by atoms with Crippen LogP contribution in [-0.2, 0) is 9.53 Å². The molecule has 5 heteroatoms. The van der Waals surface area contributed by atoms with Gasteiger partial charge in [0.2, 0.25) is 0 Å². The Hall–Kier alpha value is -0.940. The van der Waals surface area contributed by atoms with Crippen molar-refractivity contribution in [1.29, 1.82) is 0 Å². The molecule has 0 radical (unpaired) electrons. The maximum atomic E-state index is 11.0. The Morgan fingerprint density at radius 3 is 2.65 bits per heavy atom. The van der Waals surface area contributed by atoms with E-state index in [9.17, 15) is 4.79 Å². The Labute approximate surface area is 127 Å². The van der Waals surface area contributed by atoms with Crippen LogP contribution in [0.4, 0.5) is 0 Å². The van der Waals surface area contributed by atoms with E-state index in [1.165, 1.54) is 0 Å². The number of carbonyl (C=O) groups is 1. The molecular formula is C15H20BrNO3. The molecule has 1 heterocycles. The summed E-state index contributed by atoms with van der Waals surface area (Å²) in [6.45, 7) is 0. The minimum Gasteiger partial charge on any atom is -0.481 e. The number of aliphatic carboxylic acids is 1. The molecule has 1 aliphatic rings. The summed E-state index contributed by atoms with van der Waals surface area (Å²) in [6.07, 6.45) is 6.18. The highest BCUT2D eigenvalue weighted by molar-refractivity contribution is 9.10. The Morgan fingerprint density at radius 1 is 1.45 bits per heavy atom. The average Bonchev–Trinajstić information content (AvgIpc) is 2.46. The van der Waals surface area contributed by atoms with Crippen molar-refractivity contribution < 1.29 is 14.6 Å². The molecule has 1 aliphatic carbocycles. The molecule has 0 bridgehead atoms. The third kappa shape index (κ3) is 4.03. The highest BCUT2D eigenvalue weighted by Crippen LogP contribution is 2.35. The van der Waals surface area contributed by atoms with Gasteiger partial charge in [-0.15, -0.1) is 0 Å². The van der Waals surface area contributed by atoms with Crippen LogP contribution in [0, 0.1) is 11.8 Å². The third-order valence-electron chi connectivity index (χ3n) is 4.11. The van der Waals surface area contributed by atoms with Crippen LogP contribution in [0.5, 0.6) is 0 Å². The van der Waals surface area contributed by atoms with E-state index >= 15 is 0 Å². The molecule has 110 valence electrons. The Morgan fingerprint density at radius 2 is 2.15 bits per heavy atom. The predicted octanol–water partition coefficient (Wildman–Crippen LogP) is 3.81. The predicted molar refractivity (Wildman–Crippen MR) is 79.4 cm³/mol. The first-order valence-corrected chi connectivity index (χ1v) is 7.76. The standard InChI is InChI=1S/C15H20BrNO3/c1-20-14(13-7-6-12(16)9-17-13)8-10-2-4-11(5-3-10)15(18)19/h6-7,9-11,14H,2-5,8H2,1H3,(H,18,19). The minimum absolute atomic E-state index is 0.00511. The van der Waals surface area contributed by atoms with E-state index in [0.717, 1.165) is 42.3 Å². The van der Waals surface area contributed by atoms with Crippen LogP contribution in [0.2, 0.25) is 0 Å². The molecule has 0 aliphatic heterocycles. The molecule has 0 amide bonds. The van der Waals surface area contributed by atoms with Crippen LogP contribution in [0.25, 0.3) is 0 Å². The van der Waals surface area contributed by atoms with Gasteiger partial charge in [-0.05, 0) is 66.1 Å². The second kappa shape index (κ2) is 7.18. The van der Waals surface area contributed by atoms with Crippen molar-refractivity contribution in [3.05, 3.63) is 28.5 Å². The molecule has 0 saturated heterocycles. The van der Waals surface area contributed by atoms with E-state index < -0.39 is 5.97 Å². The lowest BCUT2D eigenvalue weighted by Crippen LogP contribution is -2.22. The van der Waals surface area contributed by atoms with Gasteiger partial charge in [-0.2, -0.15) is 0 Å². The average molecular weight is 342 g/mol. The monoisotopic (exact) mass is 341 g/mol. The summed E-state index contributed by atoms with van der Waals surface area (Å²) in [5.74, 6) is -0.277. The van der Waals surface area contributed by atoms with E-state index in [1.54, 1.807) is 13.3 Å². The van der Waals surface area contributed by atoms with Gasteiger partial charge in [0.05, 0.1) is 17.7 Å². The first kappa shape index (κ1) is 15.4. The summed E-state index contributed by atoms with van der Waals surface area (Å²) in [7, 11) is 1.71. The smallest absolute Gasteiger partial charge is 0.306 e. The van der Waals surface area contributed by atoms with Gasteiger partial charge in [-0.3, -0.25) is 9.78 Å². The molecule has 0 spiro atoms. The first-order valence-electron chi connectivity index (χ1n) is 6.97. The van der Waals surface area contributed by atoms with E-state index in [4.69, 9.17) is 9.84 Å². The van der Waals surface area contributed by atoms with Crippen LogP contribution in [0.15, 0.2) is 22.8 Å². The molecule has 1 aromatic rings. The lowest BCUT2D eigenvalue weighted by atomic mass is 9.79. The van der Waals surface area contributed by atoms with Gasteiger partial charge in [0.25, 0.3) is 0 Å². The van der Waals surface area contributed by atoms with E-state index in [-0.39, 0.29) is 12.0 Å². The summed E-state index contributed by atoms with van der Waals surface area (Å²) in [5, 5.41) is 9.02. The van der Waals surface area contributed by atoms with Crippen LogP contribution in [0.3, 0.4) is 0 Å². The molecule has 1 aromatic heterocycles. The van der Waals surface area contributed by atoms with Crippen LogP contribution in [-0.4, -0.2) is 23.2 Å². The molecule has 0 aromatic carbocycles. The van der Waals surface area contributed by atoms with Crippen molar-refractivity contribution in [2.75, 3.05) is 7.11 Å². The third-order valence-corrected chi connectivity index (χ3v) is 4.58. The summed E-state index contributed by atoms with van der Waals surface area (Å²) in [4.78, 5) is 15.3. The van der Waals surface area contributed by atoms with Gasteiger partial charge in [-0.1, -0.05) is 0 Å². The number of ether oxygens (including phenoxy) is 1. The number of carboxylic acids is 1. The summed E-state index contributed by atoms with van der Waals surface area (Å²) in [5.41, 5.74) is 0.941. The number of nitrogens with zero attached hydrogens (tertiary/aromatic N) is 1. The van der Waals surface area contributed by atoms with Crippen LogP contribution >= 0.6 is 15.9 Å². The van der Waals surface area contributed by atoms with Gasteiger partial charge in [-0.25, -0.2) is 0 Å². The molecular weight excluding hydrogens is 322 g/mol. The molecule has 2 rings (SSSR count). The molecule has 20 heavy (non-hydrogen) atoms. The van der Waals surface area contributed by atoms with Crippen LogP contribution < -0.4 is 0 Å². The number of aromatic nitrogens is 1. The fourth-order valence-corrected chi connectivity index (χ4v) is 3.10. The van der Waals surface area contributed by atoms with Gasteiger partial charge in [0.15, 0.2) is 0 Å². The first-order chi connectivity index (χ1) is 9.60. The zero-order valence-electron chi connectivity index (χ0n) is 11.6. The molecule has 1 fully saturated rings. The normalized spacial score (nSPS) is 24.3. The number of hydrogen-bond acceptors (Lipinski definition) is 3. The summed E-state index contributed by atoms with van der Waals surface area (Å²) in [6, 6.07) is 3.94. The topological polar surface area (TPSA) is 59.4 Å². The number of pyridine rings is 1. The second-order valence-electron chi connectivity index (χ2n) is 5.42. The summed E-state index contributed by atoms with van der Waals surface area (Å²) >= 11 is 3.38. The molecule has 1 N–H and O–H groups in total. The maximum absolute atomic E-state index is 11.0. The number of hydrogen-bond donors (Lipinski definition) is 1. The van der Waals surface area contributed by atoms with Crippen LogP contribution in [0.1, 0.15) is 43.9 Å². The largest absolute Gasteiger partial charge is 0.481 e. The van der Waals surface area contributed by atoms with Crippen molar-refractivity contribution in [3.8, 4) is 0 Å². The number of rotatable bonds is 5. The quantitative estimate of drug-likeness (QED) is 0.884. The maximum Gasteiger partial charge on any atom is 0.306 e. The molecule has 1 unspecified atom stereocenters. The van der Waals surface area contributed by atoms with Gasteiger partial charge < -0.3 is 9.84 Å². The van der Waals surface area contributed by atoms with Crippen molar-refractivity contribution in [2.24, 2.45) is 11.8 Å². The minimum atomic E-state index is -0.652. The Bertz CT molecular complexity index is 441. The summed E-state index contributed by atoms with van der Waals surface area (Å²) < 4.78 is 6.52. The lowest BCUT2D eigenvalue weighted by Gasteiger charge is -2.28. The SMILES string of the molecule is COC(CC1CCC(C(=O)O)CC1)c1ccc(Br)cn1. The van der Waals surface area contributed by atoms with E-state index in [0.29, 0.717) is 5.92 Å². The van der Waals surface area contributed by atoms with Crippen molar-refractivity contribution in [3.63, 3.8) is 0 Å². The molecule has 1 saturated carbocycles. The zero-order valence-corrected chi connectivity index (χ0v) is 13.2. The molecule has 1 atom stereocenters. The number of methoxy groups -OCH3 is 1. The van der Waals surface area contributed by atoms with E-state index in [2.05, 4.69) is 20.9 Å². The Kier molecular flexibility index (Phi) is 5.54. The Balaban J connectivity index is 1.91. The van der Waals surface area contributed by atoms with Gasteiger partial charge in [0.1, 0.15) is 0 Å². The zero-order chi connectivity index (χ0) is 14.5. The van der Waals surface area contributed by atoms with E-state index in [1.807, 2.05) is 12.1 Å². The highest BCUT2D eigenvalue weighted by atomic mass is 79.9. The number of halogens is 1. The second-order valence-corrected chi connectivity index (χ2v) is 6.33. The number of carboxylic acid groups (broad SMARTS) is 1. The fraction of sp³-hybridized carbons (Fsp3) is 0.600. The fourth-order valence-electron chi connectivity index (χ4n) is 2.86.